The van der Waals surface area contributed by atoms with Crippen molar-refractivity contribution < 1.29 is 30.2 Å². The molecule has 0 amide bonds. The maximum atomic E-state index is 12.1. The first-order valence-electron chi connectivity index (χ1n) is 7.30. The van der Waals surface area contributed by atoms with Crippen molar-refractivity contribution in [1.29, 1.82) is 0 Å². The Morgan fingerprint density at radius 2 is 1.59 bits per heavy atom. The summed E-state index contributed by atoms with van der Waals surface area (Å²) in [5.74, 6) is 0. The van der Waals surface area contributed by atoms with Crippen LogP contribution in [-0.2, 0) is 42.3 Å². The maximum absolute atomic E-state index is 12.1. The SMILES string of the molecule is CCNC([S-])=NN=C(C(C)=NN=C([S-])NCC(F)(F)F)c1ccncc1.[Cu+2]. The van der Waals surface area contributed by atoms with Crippen molar-refractivity contribution in [2.45, 2.75) is 20.0 Å². The molecule has 0 bridgehead atoms. The van der Waals surface area contributed by atoms with Gasteiger partial charge in [-0.15, -0.1) is 5.10 Å². The summed E-state index contributed by atoms with van der Waals surface area (Å²) in [6.45, 7) is 2.72. The maximum Gasteiger partial charge on any atom is 2.00 e. The van der Waals surface area contributed by atoms with Crippen molar-refractivity contribution in [2.75, 3.05) is 13.1 Å². The molecule has 1 rings (SSSR count). The zero-order valence-electron chi connectivity index (χ0n) is 14.2. The second-order valence-corrected chi connectivity index (χ2v) is 5.45. The molecule has 0 atom stereocenters. The van der Waals surface area contributed by atoms with Gasteiger partial charge < -0.3 is 35.9 Å². The third kappa shape index (κ3) is 10.8. The summed E-state index contributed by atoms with van der Waals surface area (Å²) in [6.07, 6.45) is -1.30. The molecule has 1 heterocycles. The number of nitrogens with one attached hydrogen (secondary N) is 2. The molecule has 1 aromatic heterocycles. The van der Waals surface area contributed by atoms with Gasteiger partial charge in [0.15, 0.2) is 0 Å². The van der Waals surface area contributed by atoms with E-state index in [0.29, 0.717) is 17.8 Å². The van der Waals surface area contributed by atoms with Gasteiger partial charge in [-0.25, -0.2) is 0 Å². The Hall–Kier alpha value is -1.82. The van der Waals surface area contributed by atoms with Crippen LogP contribution in [0.4, 0.5) is 13.2 Å². The van der Waals surface area contributed by atoms with E-state index in [0.717, 1.165) is 0 Å². The van der Waals surface area contributed by atoms with Crippen LogP contribution in [0.1, 0.15) is 19.4 Å². The van der Waals surface area contributed by atoms with Gasteiger partial charge in [0.1, 0.15) is 12.3 Å². The van der Waals surface area contributed by atoms with E-state index in [9.17, 15) is 13.2 Å². The molecule has 0 aliphatic carbocycles. The van der Waals surface area contributed by atoms with Crippen molar-refractivity contribution >= 4 is 47.0 Å². The Labute approximate surface area is 176 Å². The van der Waals surface area contributed by atoms with Gasteiger partial charge in [-0.1, -0.05) is 0 Å². The van der Waals surface area contributed by atoms with Crippen LogP contribution in [0.25, 0.3) is 0 Å². The Balaban J connectivity index is 0.00000676. The van der Waals surface area contributed by atoms with E-state index in [2.05, 4.69) is 30.7 Å². The van der Waals surface area contributed by atoms with Crippen LogP contribution < -0.4 is 10.6 Å². The minimum absolute atomic E-state index is 0. The van der Waals surface area contributed by atoms with Crippen LogP contribution in [0.15, 0.2) is 44.9 Å². The summed E-state index contributed by atoms with van der Waals surface area (Å²) >= 11 is 9.68. The topological polar surface area (TPSA) is 86.4 Å². The quantitative estimate of drug-likeness (QED) is 0.219. The van der Waals surface area contributed by atoms with Crippen LogP contribution in [0.5, 0.6) is 0 Å². The van der Waals surface area contributed by atoms with Crippen LogP contribution in [0.2, 0.25) is 0 Å². The van der Waals surface area contributed by atoms with Gasteiger partial charge in [0, 0.05) is 24.5 Å². The average molecular weight is 467 g/mol. The number of hydrogen-bond donors (Lipinski definition) is 2. The summed E-state index contributed by atoms with van der Waals surface area (Å²) in [6, 6.07) is 3.34. The summed E-state index contributed by atoms with van der Waals surface area (Å²) in [5.41, 5.74) is 1.25. The number of alkyl halides is 3. The van der Waals surface area contributed by atoms with Crippen LogP contribution in [0, 0.1) is 0 Å². The van der Waals surface area contributed by atoms with Crippen molar-refractivity contribution in [3.63, 3.8) is 0 Å². The first-order chi connectivity index (χ1) is 12.2. The van der Waals surface area contributed by atoms with Crippen molar-refractivity contribution in [3.05, 3.63) is 30.1 Å². The van der Waals surface area contributed by atoms with Gasteiger partial charge in [0.05, 0.1) is 5.71 Å². The van der Waals surface area contributed by atoms with E-state index in [1.54, 1.807) is 31.5 Å². The number of pyridine rings is 1. The summed E-state index contributed by atoms with van der Waals surface area (Å²) in [5, 5.41) is 19.9. The molecule has 7 nitrogen and oxygen atoms in total. The number of aromatic nitrogens is 1. The van der Waals surface area contributed by atoms with E-state index >= 15 is 0 Å². The molecule has 0 spiro atoms. The van der Waals surface area contributed by atoms with E-state index in [4.69, 9.17) is 25.3 Å². The Morgan fingerprint density at radius 3 is 2.15 bits per heavy atom. The summed E-state index contributed by atoms with van der Waals surface area (Å²) in [7, 11) is 0. The molecule has 1 radical (unpaired) electrons. The molecule has 0 aliphatic rings. The fraction of sp³-hybridized carbons (Fsp3) is 0.357. The molecule has 0 fully saturated rings. The summed E-state index contributed by atoms with van der Waals surface area (Å²) in [4.78, 5) is 3.91. The molecule has 2 N–H and O–H groups in total. The molecule has 13 heteroatoms. The molecular weight excluding hydrogens is 451 g/mol. The second-order valence-electron chi connectivity index (χ2n) is 4.68. The predicted molar refractivity (Wildman–Crippen MR) is 101 cm³/mol. The molecule has 0 unspecified atom stereocenters. The second kappa shape index (κ2) is 12.5. The van der Waals surface area contributed by atoms with E-state index in [-0.39, 0.29) is 27.9 Å². The Bertz CT molecular complexity index is 706. The number of halogens is 3. The van der Waals surface area contributed by atoms with Gasteiger partial charge >= 0.3 is 23.2 Å². The number of rotatable bonds is 6. The third-order valence-electron chi connectivity index (χ3n) is 2.60. The predicted octanol–water partition coefficient (Wildman–Crippen LogP) is 1.73. The van der Waals surface area contributed by atoms with Gasteiger partial charge in [-0.05, 0) is 36.3 Å². The minimum atomic E-state index is -4.40. The van der Waals surface area contributed by atoms with Gasteiger partial charge in [-0.2, -0.15) is 28.5 Å². The standard InChI is InChI=1S/C14H18F3N7S2.Cu/c1-3-19-12(25)24-22-11(10-4-6-18-7-5-10)9(2)21-23-13(26)20-8-14(15,16)17;/h4-7H,3,8H2,1-2H3,(H2,19,24,25)(H2,20,23,26);/q;+2/p-2. The number of nitrogens with zero attached hydrogens (tertiary/aromatic N) is 5. The zero-order chi connectivity index (χ0) is 19.6. The normalized spacial score (nSPS) is 13.8. The molecule has 1 aromatic rings. The van der Waals surface area contributed by atoms with E-state index in [1.165, 1.54) is 0 Å². The van der Waals surface area contributed by atoms with Crippen molar-refractivity contribution in [3.8, 4) is 0 Å². The fourth-order valence-electron chi connectivity index (χ4n) is 1.51. The van der Waals surface area contributed by atoms with Crippen LogP contribution >= 0.6 is 0 Å². The van der Waals surface area contributed by atoms with Crippen molar-refractivity contribution in [2.24, 2.45) is 20.4 Å². The van der Waals surface area contributed by atoms with Crippen LogP contribution in [0.3, 0.4) is 0 Å². The molecule has 0 saturated heterocycles. The summed E-state index contributed by atoms with van der Waals surface area (Å²) < 4.78 is 36.4. The van der Waals surface area contributed by atoms with E-state index < -0.39 is 17.9 Å². The monoisotopic (exact) mass is 466 g/mol. The first kappa shape index (κ1) is 25.2. The number of hydrogen-bond acceptors (Lipinski definition) is 7. The van der Waals surface area contributed by atoms with Gasteiger partial charge in [0.25, 0.3) is 0 Å². The Morgan fingerprint density at radius 1 is 1.04 bits per heavy atom. The minimum Gasteiger partial charge on any atom is -0.741 e. The third-order valence-corrected chi connectivity index (χ3v) is 3.05. The van der Waals surface area contributed by atoms with Crippen LogP contribution in [-0.4, -0.2) is 46.0 Å². The Kier molecular flexibility index (Phi) is 11.7. The molecule has 0 saturated carbocycles. The number of amidine groups is 2. The van der Waals surface area contributed by atoms with Crippen molar-refractivity contribution in [1.82, 2.24) is 15.6 Å². The molecule has 0 aromatic carbocycles. The molecule has 151 valence electrons. The smallest absolute Gasteiger partial charge is 0.741 e. The molecular formula is C14H16CuF3N7S2. The molecule has 27 heavy (non-hydrogen) atoms. The van der Waals surface area contributed by atoms with Gasteiger partial charge in [0.2, 0.25) is 0 Å². The van der Waals surface area contributed by atoms with E-state index in [1.807, 2.05) is 12.2 Å². The first-order valence-corrected chi connectivity index (χ1v) is 8.11. The van der Waals surface area contributed by atoms with Gasteiger partial charge in [-0.3, -0.25) is 4.98 Å². The average Bonchev–Trinajstić information content (AvgIpc) is 2.59. The largest absolute Gasteiger partial charge is 2.00 e. The molecule has 0 aliphatic heterocycles. The zero-order valence-corrected chi connectivity index (χ0v) is 16.8. The fourth-order valence-corrected chi connectivity index (χ4v) is 1.81.